The first-order valence-electron chi connectivity index (χ1n) is 7.96. The molecule has 0 aliphatic carbocycles. The van der Waals surface area contributed by atoms with E-state index >= 15 is 0 Å². The molecule has 1 heterocycles. The maximum absolute atomic E-state index is 12.3. The summed E-state index contributed by atoms with van der Waals surface area (Å²) in [5.41, 5.74) is 12.4. The van der Waals surface area contributed by atoms with Crippen LogP contribution in [0, 0.1) is 0 Å². The highest BCUT2D eigenvalue weighted by molar-refractivity contribution is 5.99. The number of carbonyl (C=O) groups is 2. The molecule has 3 aromatic rings. The SMILES string of the molecule is NC(=O)c1ccccc1CC(O)C(=O)Nc1ccc2ccnc(N)c2c1. The Morgan fingerprint density at radius 3 is 2.69 bits per heavy atom. The fourth-order valence-electron chi connectivity index (χ4n) is 2.73. The van der Waals surface area contributed by atoms with Crippen molar-refractivity contribution in [3.63, 3.8) is 0 Å². The lowest BCUT2D eigenvalue weighted by atomic mass is 10.0. The van der Waals surface area contributed by atoms with Crippen molar-refractivity contribution >= 4 is 34.1 Å². The summed E-state index contributed by atoms with van der Waals surface area (Å²) in [6, 6.07) is 13.6. The number of aliphatic hydroxyl groups excluding tert-OH is 1. The molecule has 0 aliphatic heterocycles. The average Bonchev–Trinajstić information content (AvgIpc) is 2.62. The molecule has 1 aromatic heterocycles. The fraction of sp³-hybridized carbons (Fsp3) is 0.105. The van der Waals surface area contributed by atoms with Crippen LogP contribution in [0.5, 0.6) is 0 Å². The predicted octanol–water partition coefficient (Wildman–Crippen LogP) is 1.46. The Hall–Kier alpha value is -3.45. The second-order valence-electron chi connectivity index (χ2n) is 5.86. The summed E-state index contributed by atoms with van der Waals surface area (Å²) in [4.78, 5) is 27.8. The second-order valence-corrected chi connectivity index (χ2v) is 5.86. The summed E-state index contributed by atoms with van der Waals surface area (Å²) >= 11 is 0. The van der Waals surface area contributed by atoms with Crippen LogP contribution in [0.15, 0.2) is 54.7 Å². The van der Waals surface area contributed by atoms with Gasteiger partial charge in [-0.05, 0) is 35.2 Å². The Balaban J connectivity index is 1.76. The molecule has 1 atom stereocenters. The Bertz CT molecular complexity index is 987. The minimum atomic E-state index is -1.34. The van der Waals surface area contributed by atoms with Gasteiger partial charge in [-0.3, -0.25) is 9.59 Å². The highest BCUT2D eigenvalue weighted by Gasteiger charge is 2.19. The number of hydrogen-bond donors (Lipinski definition) is 4. The van der Waals surface area contributed by atoms with Crippen LogP contribution < -0.4 is 16.8 Å². The molecule has 26 heavy (non-hydrogen) atoms. The van der Waals surface area contributed by atoms with Gasteiger partial charge in [0, 0.05) is 29.3 Å². The van der Waals surface area contributed by atoms with Gasteiger partial charge in [0.05, 0.1) is 0 Å². The van der Waals surface area contributed by atoms with Gasteiger partial charge in [0.2, 0.25) is 5.91 Å². The Labute approximate surface area is 149 Å². The smallest absolute Gasteiger partial charge is 0.253 e. The molecule has 1 unspecified atom stereocenters. The quantitative estimate of drug-likeness (QED) is 0.553. The molecule has 0 saturated heterocycles. The lowest BCUT2D eigenvalue weighted by Crippen LogP contribution is -2.30. The largest absolute Gasteiger partial charge is 0.383 e. The van der Waals surface area contributed by atoms with E-state index in [0.717, 1.165) is 5.39 Å². The number of rotatable bonds is 5. The number of amides is 2. The third-order valence-corrected chi connectivity index (χ3v) is 4.06. The number of benzene rings is 2. The van der Waals surface area contributed by atoms with E-state index in [2.05, 4.69) is 10.3 Å². The zero-order valence-electron chi connectivity index (χ0n) is 13.8. The summed E-state index contributed by atoms with van der Waals surface area (Å²) in [6.07, 6.45) is 0.246. The van der Waals surface area contributed by atoms with E-state index in [0.29, 0.717) is 22.5 Å². The molecule has 0 aliphatic rings. The molecular formula is C19H18N4O3. The number of primary amides is 1. The molecule has 3 rings (SSSR count). The topological polar surface area (TPSA) is 131 Å². The van der Waals surface area contributed by atoms with Crippen molar-refractivity contribution in [2.75, 3.05) is 11.1 Å². The zero-order chi connectivity index (χ0) is 18.7. The van der Waals surface area contributed by atoms with Gasteiger partial charge in [0.25, 0.3) is 5.91 Å². The summed E-state index contributed by atoms with van der Waals surface area (Å²) < 4.78 is 0. The summed E-state index contributed by atoms with van der Waals surface area (Å²) in [6.45, 7) is 0. The molecule has 2 amide bonds. The van der Waals surface area contributed by atoms with Crippen LogP contribution in [0.25, 0.3) is 10.8 Å². The molecule has 7 heteroatoms. The number of aliphatic hydroxyl groups is 1. The minimum Gasteiger partial charge on any atom is -0.383 e. The number of aromatic nitrogens is 1. The van der Waals surface area contributed by atoms with Crippen molar-refractivity contribution in [2.45, 2.75) is 12.5 Å². The van der Waals surface area contributed by atoms with Crippen molar-refractivity contribution in [2.24, 2.45) is 5.73 Å². The Morgan fingerprint density at radius 2 is 1.92 bits per heavy atom. The third-order valence-electron chi connectivity index (χ3n) is 4.06. The number of nitrogen functional groups attached to an aromatic ring is 1. The number of carbonyl (C=O) groups excluding carboxylic acids is 2. The number of pyridine rings is 1. The van der Waals surface area contributed by atoms with Gasteiger partial charge in [-0.2, -0.15) is 0 Å². The van der Waals surface area contributed by atoms with Crippen molar-refractivity contribution in [1.82, 2.24) is 4.98 Å². The maximum atomic E-state index is 12.3. The van der Waals surface area contributed by atoms with Gasteiger partial charge in [0.15, 0.2) is 0 Å². The van der Waals surface area contributed by atoms with E-state index in [9.17, 15) is 14.7 Å². The van der Waals surface area contributed by atoms with Crippen LogP contribution in [0.1, 0.15) is 15.9 Å². The highest BCUT2D eigenvalue weighted by atomic mass is 16.3. The van der Waals surface area contributed by atoms with Gasteiger partial charge in [-0.25, -0.2) is 4.98 Å². The first kappa shape index (κ1) is 17.4. The Morgan fingerprint density at radius 1 is 1.15 bits per heavy atom. The fourth-order valence-corrected chi connectivity index (χ4v) is 2.73. The van der Waals surface area contributed by atoms with Gasteiger partial charge < -0.3 is 21.9 Å². The molecule has 0 spiro atoms. The zero-order valence-corrected chi connectivity index (χ0v) is 13.8. The molecule has 0 fully saturated rings. The highest BCUT2D eigenvalue weighted by Crippen LogP contribution is 2.23. The molecule has 0 saturated carbocycles. The van der Waals surface area contributed by atoms with Crippen LogP contribution in [0.4, 0.5) is 11.5 Å². The van der Waals surface area contributed by atoms with Crippen molar-refractivity contribution in [3.8, 4) is 0 Å². The number of hydrogen-bond acceptors (Lipinski definition) is 5. The molecule has 132 valence electrons. The third kappa shape index (κ3) is 3.62. The van der Waals surface area contributed by atoms with Crippen LogP contribution in [-0.2, 0) is 11.2 Å². The minimum absolute atomic E-state index is 0.0256. The Kier molecular flexibility index (Phi) is 4.81. The van der Waals surface area contributed by atoms with Gasteiger partial charge in [-0.15, -0.1) is 0 Å². The monoisotopic (exact) mass is 350 g/mol. The summed E-state index contributed by atoms with van der Waals surface area (Å²) in [7, 11) is 0. The molecule has 7 nitrogen and oxygen atoms in total. The lowest BCUT2D eigenvalue weighted by molar-refractivity contribution is -0.123. The number of fused-ring (bicyclic) bond motifs is 1. The van der Waals surface area contributed by atoms with Crippen LogP contribution in [0.2, 0.25) is 0 Å². The number of nitrogens with two attached hydrogens (primary N) is 2. The van der Waals surface area contributed by atoms with Crippen LogP contribution in [0.3, 0.4) is 0 Å². The van der Waals surface area contributed by atoms with Gasteiger partial charge in [-0.1, -0.05) is 24.3 Å². The number of nitrogens with zero attached hydrogens (tertiary/aromatic N) is 1. The molecular weight excluding hydrogens is 332 g/mol. The van der Waals surface area contributed by atoms with E-state index in [4.69, 9.17) is 11.5 Å². The van der Waals surface area contributed by atoms with Gasteiger partial charge >= 0.3 is 0 Å². The van der Waals surface area contributed by atoms with Gasteiger partial charge in [0.1, 0.15) is 11.9 Å². The number of nitrogens with one attached hydrogen (secondary N) is 1. The van der Waals surface area contributed by atoms with E-state index in [1.807, 2.05) is 6.07 Å². The molecule has 6 N–H and O–H groups in total. The van der Waals surface area contributed by atoms with Crippen LogP contribution in [-0.4, -0.2) is 28.0 Å². The van der Waals surface area contributed by atoms with E-state index in [1.165, 1.54) is 0 Å². The molecule has 2 aromatic carbocycles. The van der Waals surface area contributed by atoms with E-state index in [-0.39, 0.29) is 12.0 Å². The predicted molar refractivity (Wildman–Crippen MR) is 99.5 cm³/mol. The molecule has 0 radical (unpaired) electrons. The van der Waals surface area contributed by atoms with E-state index < -0.39 is 17.9 Å². The summed E-state index contributed by atoms with van der Waals surface area (Å²) in [5.74, 6) is -0.841. The first-order chi connectivity index (χ1) is 12.5. The van der Waals surface area contributed by atoms with Crippen molar-refractivity contribution in [1.29, 1.82) is 0 Å². The average molecular weight is 350 g/mol. The first-order valence-corrected chi connectivity index (χ1v) is 7.96. The molecule has 0 bridgehead atoms. The van der Waals surface area contributed by atoms with Crippen LogP contribution >= 0.6 is 0 Å². The van der Waals surface area contributed by atoms with Crippen molar-refractivity contribution < 1.29 is 14.7 Å². The lowest BCUT2D eigenvalue weighted by Gasteiger charge is -2.14. The second kappa shape index (κ2) is 7.20. The number of anilines is 2. The maximum Gasteiger partial charge on any atom is 0.253 e. The van der Waals surface area contributed by atoms with E-state index in [1.54, 1.807) is 48.7 Å². The normalized spacial score (nSPS) is 11.9. The summed E-state index contributed by atoms with van der Waals surface area (Å²) in [5, 5.41) is 14.4. The van der Waals surface area contributed by atoms with Crippen molar-refractivity contribution in [3.05, 3.63) is 65.9 Å². The standard InChI is InChI=1S/C19H18N4O3/c20-17-15-10-13(6-5-11(15)7-8-22-17)23-19(26)16(24)9-12-3-1-2-4-14(12)18(21)25/h1-8,10,16,24H,9H2,(H2,20,22)(H2,21,25)(H,23,26).